The summed E-state index contributed by atoms with van der Waals surface area (Å²) < 4.78 is 0. The van der Waals surface area contributed by atoms with Crippen molar-refractivity contribution in [3.8, 4) is 0 Å². The smallest absolute Gasteiger partial charge is 0.243 e. The normalized spacial score (nSPS) is 19.0. The molecule has 5 atom stereocenters. The molecular formula is C43H75N21O7. The number of nitrogens with one attached hydrogen (secondary N) is 8. The van der Waals surface area contributed by atoms with Gasteiger partial charge in [0.15, 0.2) is 23.8 Å². The van der Waals surface area contributed by atoms with E-state index in [9.17, 15) is 33.6 Å². The second-order valence-electron chi connectivity index (χ2n) is 16.7. The molecule has 1 saturated heterocycles. The number of amidine groups is 1. The summed E-state index contributed by atoms with van der Waals surface area (Å²) in [5.74, 6) is -5.30. The number of hydrogen-bond donors (Lipinski definition) is 17. The van der Waals surface area contributed by atoms with E-state index in [0.717, 1.165) is 0 Å². The highest BCUT2D eigenvalue weighted by Gasteiger charge is 2.32. The summed E-state index contributed by atoms with van der Waals surface area (Å²) in [4.78, 5) is 112. The molecule has 7 amide bonds. The van der Waals surface area contributed by atoms with Gasteiger partial charge in [0.2, 0.25) is 41.4 Å². The number of nitrogen functional groups attached to an aromatic ring is 1. The van der Waals surface area contributed by atoms with E-state index in [1.165, 1.54) is 0 Å². The zero-order valence-electron chi connectivity index (χ0n) is 40.2. The van der Waals surface area contributed by atoms with Gasteiger partial charge < -0.3 is 88.8 Å². The van der Waals surface area contributed by atoms with E-state index < -0.39 is 65.7 Å². The summed E-state index contributed by atoms with van der Waals surface area (Å²) in [6.45, 7) is 0.677. The van der Waals surface area contributed by atoms with E-state index in [-0.39, 0.29) is 152 Å². The van der Waals surface area contributed by atoms with Gasteiger partial charge in [0.05, 0.1) is 0 Å². The van der Waals surface area contributed by atoms with E-state index in [1.54, 1.807) is 24.3 Å². The maximum Gasteiger partial charge on any atom is 0.243 e. The number of amides is 7. The zero-order valence-corrected chi connectivity index (χ0v) is 40.2. The molecule has 28 heteroatoms. The van der Waals surface area contributed by atoms with Crippen molar-refractivity contribution in [1.29, 1.82) is 5.41 Å². The monoisotopic (exact) mass is 998 g/mol. The van der Waals surface area contributed by atoms with Crippen molar-refractivity contribution < 1.29 is 33.6 Å². The molecule has 0 bridgehead atoms. The standard InChI is InChI=1S/C43H75N21O7/c44-34(45)26-17-15-25(16-18-26)24-59-35(67)27(9-4-20-55-40(46)47)61-37(69)29-8-1-2-19-54-32(65)13-3-14-33(66)60-28(10-5-21-56-41(48)49)36(68)63-30(11-6-22-57-42(50)51)39(71)64-31(38(70)62-29)12-7-23-58-43(52)53/h15-18,27-31H,1-14,19-24H2,(H3,44,45)(H,54,65)(H,59,67)(H,60,66)(H,61,69)(H,62,70)(H,63,68)(H,64,71)(H4,46,47,55)(H4,48,49,56)(H4,50,51,57)(H4,52,53,58)/t27-,28-,29-,30-,31-/m0/s1. The van der Waals surface area contributed by atoms with E-state index in [2.05, 4.69) is 57.2 Å². The molecule has 1 aromatic carbocycles. The van der Waals surface area contributed by atoms with Gasteiger partial charge in [0.25, 0.3) is 0 Å². The van der Waals surface area contributed by atoms with E-state index in [1.807, 2.05) is 0 Å². The summed E-state index contributed by atoms with van der Waals surface area (Å²) in [6.07, 6.45) is 1.72. The number of carbonyl (C=O) groups is 7. The third kappa shape index (κ3) is 25.8. The first-order chi connectivity index (χ1) is 33.7. The Morgan fingerprint density at radius 1 is 0.606 bits per heavy atom. The van der Waals surface area contributed by atoms with Crippen LogP contribution in [0, 0.1) is 5.41 Å². The molecule has 26 N–H and O–H groups in total. The molecule has 0 spiro atoms. The van der Waals surface area contributed by atoms with Crippen LogP contribution in [0.5, 0.6) is 0 Å². The molecule has 28 nitrogen and oxygen atoms in total. The van der Waals surface area contributed by atoms with Crippen molar-refractivity contribution >= 4 is 71.0 Å². The van der Waals surface area contributed by atoms with Crippen LogP contribution < -0.4 is 88.8 Å². The number of aliphatic imine (C=N–C) groups is 4. The number of guanidine groups is 4. The molecule has 2 rings (SSSR count). The fraction of sp³-hybridized carbons (Fsp3) is 0.581. The Kier molecular flexibility index (Phi) is 27.3. The molecule has 0 saturated carbocycles. The van der Waals surface area contributed by atoms with Crippen LogP contribution in [0.25, 0.3) is 0 Å². The second-order valence-corrected chi connectivity index (χ2v) is 16.7. The van der Waals surface area contributed by atoms with Crippen LogP contribution in [-0.2, 0) is 40.1 Å². The van der Waals surface area contributed by atoms with Crippen molar-refractivity contribution in [2.24, 2.45) is 71.6 Å². The average molecular weight is 998 g/mol. The highest BCUT2D eigenvalue weighted by atomic mass is 16.2. The summed E-state index contributed by atoms with van der Waals surface area (Å²) in [5.41, 5.74) is 50.8. The number of benzene rings is 1. The van der Waals surface area contributed by atoms with Crippen LogP contribution in [-0.4, -0.2) is 134 Å². The third-order valence-electron chi connectivity index (χ3n) is 10.7. The number of nitrogens with zero attached hydrogens (tertiary/aromatic N) is 4. The lowest BCUT2D eigenvalue weighted by molar-refractivity contribution is -0.135. The van der Waals surface area contributed by atoms with Gasteiger partial charge in [0.1, 0.15) is 36.0 Å². The van der Waals surface area contributed by atoms with E-state index >= 15 is 0 Å². The van der Waals surface area contributed by atoms with Crippen LogP contribution in [0.2, 0.25) is 0 Å². The van der Waals surface area contributed by atoms with Crippen molar-refractivity contribution in [2.45, 2.75) is 127 Å². The van der Waals surface area contributed by atoms with Crippen LogP contribution in [0.4, 0.5) is 0 Å². The van der Waals surface area contributed by atoms with E-state index in [0.29, 0.717) is 24.0 Å². The lowest BCUT2D eigenvalue weighted by Crippen LogP contribution is -2.59. The molecular weight excluding hydrogens is 923 g/mol. The predicted molar refractivity (Wildman–Crippen MR) is 269 cm³/mol. The lowest BCUT2D eigenvalue weighted by Gasteiger charge is -2.27. The van der Waals surface area contributed by atoms with Crippen molar-refractivity contribution in [3.63, 3.8) is 0 Å². The second kappa shape index (κ2) is 32.7. The van der Waals surface area contributed by atoms with Gasteiger partial charge >= 0.3 is 0 Å². The zero-order chi connectivity index (χ0) is 52.7. The van der Waals surface area contributed by atoms with Crippen LogP contribution in [0.1, 0.15) is 101 Å². The largest absolute Gasteiger partial charge is 0.384 e. The summed E-state index contributed by atoms with van der Waals surface area (Å²) in [6, 6.07) is 0.440. The van der Waals surface area contributed by atoms with Gasteiger partial charge in [-0.2, -0.15) is 0 Å². The Morgan fingerprint density at radius 3 is 1.56 bits per heavy atom. The summed E-state index contributed by atoms with van der Waals surface area (Å²) in [7, 11) is 0. The van der Waals surface area contributed by atoms with Crippen molar-refractivity contribution in [3.05, 3.63) is 35.4 Å². The predicted octanol–water partition coefficient (Wildman–Crippen LogP) is -5.30. The maximum absolute atomic E-state index is 14.4. The molecule has 1 aliphatic rings. The Hall–Kier alpha value is -7.94. The highest BCUT2D eigenvalue weighted by molar-refractivity contribution is 5.97. The molecule has 0 radical (unpaired) electrons. The van der Waals surface area contributed by atoms with Crippen LogP contribution >= 0.6 is 0 Å². The number of nitrogens with two attached hydrogens (primary N) is 9. The van der Waals surface area contributed by atoms with Gasteiger partial charge in [-0.1, -0.05) is 24.3 Å². The van der Waals surface area contributed by atoms with E-state index in [4.69, 9.17) is 57.0 Å². The fourth-order valence-electron chi connectivity index (χ4n) is 7.03. The highest BCUT2D eigenvalue weighted by Crippen LogP contribution is 2.11. The molecule has 0 aromatic heterocycles. The fourth-order valence-corrected chi connectivity index (χ4v) is 7.03. The Bertz CT molecular complexity index is 2050. The van der Waals surface area contributed by atoms with Gasteiger partial charge in [-0.3, -0.25) is 58.9 Å². The minimum absolute atomic E-state index is 0.00512. The molecule has 1 aromatic rings. The van der Waals surface area contributed by atoms with Gasteiger partial charge in [-0.25, -0.2) is 0 Å². The molecule has 394 valence electrons. The minimum atomic E-state index is -1.33. The summed E-state index contributed by atoms with van der Waals surface area (Å²) >= 11 is 0. The van der Waals surface area contributed by atoms with Crippen molar-refractivity contribution in [2.75, 3.05) is 32.7 Å². The number of carbonyl (C=O) groups excluding carboxylic acids is 7. The topological polar surface area (TPSA) is 511 Å². The van der Waals surface area contributed by atoms with Gasteiger partial charge in [0, 0.05) is 57.7 Å². The minimum Gasteiger partial charge on any atom is -0.384 e. The number of hydrogen-bond acceptors (Lipinski definition) is 12. The molecule has 0 aliphatic carbocycles. The van der Waals surface area contributed by atoms with Crippen LogP contribution in [0.3, 0.4) is 0 Å². The first-order valence-corrected chi connectivity index (χ1v) is 23.5. The molecule has 0 unspecified atom stereocenters. The molecule has 1 heterocycles. The quantitative estimate of drug-likeness (QED) is 0.0293. The number of rotatable bonds is 22. The Labute approximate surface area is 412 Å². The van der Waals surface area contributed by atoms with Crippen molar-refractivity contribution in [1.82, 2.24) is 37.2 Å². The molecule has 1 fully saturated rings. The summed E-state index contributed by atoms with van der Waals surface area (Å²) in [5, 5.41) is 26.8. The van der Waals surface area contributed by atoms with Gasteiger partial charge in [-0.15, -0.1) is 0 Å². The van der Waals surface area contributed by atoms with Crippen LogP contribution in [0.15, 0.2) is 44.2 Å². The average Bonchev–Trinajstić information content (AvgIpc) is 3.30. The third-order valence-corrected chi connectivity index (χ3v) is 10.7. The molecule has 71 heavy (non-hydrogen) atoms. The maximum atomic E-state index is 14.4. The Morgan fingerprint density at radius 2 is 1.07 bits per heavy atom. The SMILES string of the molecule is N=C(N)c1ccc(CNC(=O)[C@H](CCCN=C(N)N)NC(=O)[C@@H]2CCCCNC(=O)CCCC(=O)N[C@@H](CCCN=C(N)N)C(=O)N[C@@H](CCCN=C(N)N)C(=O)N[C@@H](CCCN=C(N)N)C(=O)N2)cc1. The Balaban J connectivity index is 2.56. The molecule has 1 aliphatic heterocycles. The lowest BCUT2D eigenvalue weighted by atomic mass is 10.0. The first-order valence-electron chi connectivity index (χ1n) is 23.5. The first kappa shape index (κ1) is 59.2. The van der Waals surface area contributed by atoms with Gasteiger partial charge in [-0.05, 0) is 82.6 Å².